The average Bonchev–Trinajstić information content (AvgIpc) is 1.26. The summed E-state index contributed by atoms with van der Waals surface area (Å²) in [5, 5.41) is 6.13. The SMILES string of the molecule is Cc1cc2c3c(c1)N(c1ccc(C(C)(C)C)cc1)c1c(sc4ccc(C(C)(C)C)cc14)B3c1ccc(N(c3cccc(N(c4ccccc4)c4ccccc4)c3)c3ccccc3-c3ccccc3)cc1N2c1ccc(-n2c3ccccc3c3ccccc32)cc1-c1cccc2ccccc12. The van der Waals surface area contributed by atoms with Crippen molar-refractivity contribution in [3.8, 4) is 27.9 Å². The van der Waals surface area contributed by atoms with Crippen LogP contribution in [0, 0.1) is 6.92 Å². The van der Waals surface area contributed by atoms with Gasteiger partial charge in [-0.3, -0.25) is 0 Å². The van der Waals surface area contributed by atoms with E-state index in [9.17, 15) is 0 Å². The highest BCUT2D eigenvalue weighted by atomic mass is 32.1. The maximum atomic E-state index is 2.66. The van der Waals surface area contributed by atoms with Crippen LogP contribution in [-0.4, -0.2) is 11.3 Å². The van der Waals surface area contributed by atoms with E-state index >= 15 is 0 Å². The average molecular weight is 1300 g/mol. The minimum absolute atomic E-state index is 0.0233. The van der Waals surface area contributed by atoms with Crippen LogP contribution >= 0.6 is 11.3 Å². The maximum Gasteiger partial charge on any atom is 0.264 e. The first kappa shape index (κ1) is 60.8. The smallest absolute Gasteiger partial charge is 0.264 e. The summed E-state index contributed by atoms with van der Waals surface area (Å²) in [5.41, 5.74) is 27.5. The molecule has 480 valence electrons. The maximum absolute atomic E-state index is 2.66. The Bertz CT molecular complexity index is 5760. The van der Waals surface area contributed by atoms with Crippen LogP contribution in [0.5, 0.6) is 0 Å². The van der Waals surface area contributed by atoms with Crippen LogP contribution in [0.2, 0.25) is 0 Å². The molecule has 2 aliphatic heterocycles. The van der Waals surface area contributed by atoms with Gasteiger partial charge in [0.15, 0.2) is 0 Å². The summed E-state index contributed by atoms with van der Waals surface area (Å²) in [6.07, 6.45) is 0. The molecule has 0 bridgehead atoms. The number of anilines is 12. The van der Waals surface area contributed by atoms with Crippen LogP contribution in [0.3, 0.4) is 0 Å². The first-order valence-electron chi connectivity index (χ1n) is 34.9. The van der Waals surface area contributed by atoms with Crippen LogP contribution in [0.1, 0.15) is 58.2 Å². The van der Waals surface area contributed by atoms with Gasteiger partial charge in [0.2, 0.25) is 0 Å². The van der Waals surface area contributed by atoms with Crippen LogP contribution < -0.4 is 35.3 Å². The summed E-state index contributed by atoms with van der Waals surface area (Å²) in [7, 11) is 0. The molecule has 7 heteroatoms. The molecule has 0 amide bonds. The van der Waals surface area contributed by atoms with E-state index in [-0.39, 0.29) is 17.5 Å². The van der Waals surface area contributed by atoms with Crippen molar-refractivity contribution in [1.82, 2.24) is 4.57 Å². The standard InChI is InChI=1S/C93H74BN5S/c1-61-55-86-89-87(56-61)99(84-53-51-71(59-78(84)75-41-25-30-62-29-17-18-37-73(62)75)97-82-43-23-20-39-76(82)77-40-21-24-44-83(77)97)85-60-72(50-52-80(85)94(89)91-90(79-57-65(93(5,6)7)47-54-88(79)100-91)98(86)68-48-45-64(46-49-68)92(2,3)4)96(81-42-22-19-38-74(81)63-27-11-8-12-28-63)70-36-26-35-69(58-70)95(66-31-13-9-14-32-66)67-33-15-10-16-34-67/h8-60H,1-7H3. The molecule has 5 nitrogen and oxygen atoms in total. The fourth-order valence-electron chi connectivity index (χ4n) is 15.9. The highest BCUT2D eigenvalue weighted by Gasteiger charge is 2.46. The molecule has 0 unspecified atom stereocenters. The van der Waals surface area contributed by atoms with Crippen molar-refractivity contribution in [2.24, 2.45) is 0 Å². The molecule has 0 atom stereocenters. The number of aromatic nitrogens is 1. The number of hydrogen-bond acceptors (Lipinski definition) is 5. The molecule has 2 aromatic heterocycles. The second-order valence-electron chi connectivity index (χ2n) is 29.0. The number of aryl methyl sites for hydroxylation is 1. The third-order valence-electron chi connectivity index (χ3n) is 20.7. The number of rotatable bonds is 11. The number of thiophene rings is 1. The largest absolute Gasteiger partial charge is 0.311 e. The van der Waals surface area contributed by atoms with Gasteiger partial charge in [-0.2, -0.15) is 0 Å². The van der Waals surface area contributed by atoms with Gasteiger partial charge in [-0.15, -0.1) is 11.3 Å². The first-order valence-corrected chi connectivity index (χ1v) is 35.7. The Morgan fingerprint density at radius 2 is 0.890 bits per heavy atom. The quantitative estimate of drug-likeness (QED) is 0.120. The molecule has 0 aliphatic carbocycles. The molecular formula is C93H74BN5S. The molecule has 14 aromatic carbocycles. The molecule has 2 aliphatic rings. The van der Waals surface area contributed by atoms with Gasteiger partial charge in [0, 0.05) is 93.6 Å². The fraction of sp³-hybridized carbons (Fsp3) is 0.0968. The molecule has 0 spiro atoms. The predicted octanol–water partition coefficient (Wildman–Crippen LogP) is 24.4. The lowest BCUT2D eigenvalue weighted by atomic mass is 9.36. The highest BCUT2D eigenvalue weighted by Crippen LogP contribution is 2.53. The van der Waals surface area contributed by atoms with E-state index in [1.54, 1.807) is 0 Å². The van der Waals surface area contributed by atoms with Gasteiger partial charge in [0.1, 0.15) is 0 Å². The number of benzene rings is 14. The normalized spacial score (nSPS) is 12.7. The van der Waals surface area contributed by atoms with Gasteiger partial charge in [-0.05, 0) is 195 Å². The summed E-state index contributed by atoms with van der Waals surface area (Å²) in [4.78, 5) is 10.2. The van der Waals surface area contributed by atoms with Crippen molar-refractivity contribution in [2.75, 3.05) is 19.6 Å². The lowest BCUT2D eigenvalue weighted by Crippen LogP contribution is -2.60. The third kappa shape index (κ3) is 10.1. The number of nitrogens with zero attached hydrogens (tertiary/aromatic N) is 5. The molecule has 18 rings (SSSR count). The van der Waals surface area contributed by atoms with Gasteiger partial charge in [0.05, 0.1) is 28.1 Å². The lowest BCUT2D eigenvalue weighted by Gasteiger charge is -2.44. The molecule has 16 aromatic rings. The molecule has 0 N–H and O–H groups in total. The number of para-hydroxylation sites is 5. The van der Waals surface area contributed by atoms with E-state index in [0.29, 0.717) is 0 Å². The topological polar surface area (TPSA) is 17.9 Å². The predicted molar refractivity (Wildman–Crippen MR) is 430 cm³/mol. The first-order chi connectivity index (χ1) is 48.8. The summed E-state index contributed by atoms with van der Waals surface area (Å²) in [5.74, 6) is 0. The van der Waals surface area contributed by atoms with E-state index in [1.165, 1.54) is 86.4 Å². The molecule has 0 fully saturated rings. The second kappa shape index (κ2) is 23.8. The van der Waals surface area contributed by atoms with Crippen molar-refractivity contribution >= 4 is 145 Å². The van der Waals surface area contributed by atoms with Gasteiger partial charge in [-0.25, -0.2) is 0 Å². The summed E-state index contributed by atoms with van der Waals surface area (Å²) in [6.45, 7) is 16.1. The van der Waals surface area contributed by atoms with E-state index in [2.05, 4.69) is 394 Å². The van der Waals surface area contributed by atoms with Crippen LogP contribution in [-0.2, 0) is 10.8 Å². The van der Waals surface area contributed by atoms with Crippen molar-refractivity contribution < 1.29 is 0 Å². The zero-order chi connectivity index (χ0) is 67.5. The lowest BCUT2D eigenvalue weighted by molar-refractivity contribution is 0.590. The van der Waals surface area contributed by atoms with E-state index in [0.717, 1.165) is 84.8 Å². The molecule has 0 radical (unpaired) electrons. The van der Waals surface area contributed by atoms with Crippen molar-refractivity contribution in [1.29, 1.82) is 0 Å². The minimum Gasteiger partial charge on any atom is -0.311 e. The Kier molecular flexibility index (Phi) is 14.5. The Hall–Kier alpha value is -11.6. The second-order valence-corrected chi connectivity index (χ2v) is 30.1. The van der Waals surface area contributed by atoms with Crippen LogP contribution in [0.4, 0.5) is 68.2 Å². The molecule has 0 saturated carbocycles. The van der Waals surface area contributed by atoms with Gasteiger partial charge < -0.3 is 24.2 Å². The molecule has 0 saturated heterocycles. The van der Waals surface area contributed by atoms with E-state index in [1.807, 2.05) is 11.3 Å². The Labute approximate surface area is 590 Å². The van der Waals surface area contributed by atoms with Crippen molar-refractivity contribution in [3.05, 3.63) is 338 Å². The summed E-state index contributed by atoms with van der Waals surface area (Å²) in [6, 6.07) is 120. The van der Waals surface area contributed by atoms with Gasteiger partial charge in [-0.1, -0.05) is 236 Å². The number of fused-ring (bicyclic) bond motifs is 10. The summed E-state index contributed by atoms with van der Waals surface area (Å²) >= 11 is 1.96. The van der Waals surface area contributed by atoms with Crippen LogP contribution in [0.15, 0.2) is 322 Å². The Morgan fingerprint density at radius 3 is 1.58 bits per heavy atom. The number of hydrogen-bond donors (Lipinski definition) is 0. The van der Waals surface area contributed by atoms with E-state index < -0.39 is 0 Å². The third-order valence-corrected chi connectivity index (χ3v) is 21.9. The zero-order valence-electron chi connectivity index (χ0n) is 57.3. The zero-order valence-corrected chi connectivity index (χ0v) is 58.1. The Morgan fingerprint density at radius 1 is 0.350 bits per heavy atom. The molecular weight excluding hydrogens is 1230 g/mol. The summed E-state index contributed by atoms with van der Waals surface area (Å²) < 4.78 is 5.09. The van der Waals surface area contributed by atoms with Crippen molar-refractivity contribution in [3.63, 3.8) is 0 Å². The molecule has 4 heterocycles. The highest BCUT2D eigenvalue weighted by molar-refractivity contribution is 7.33. The van der Waals surface area contributed by atoms with Crippen molar-refractivity contribution in [2.45, 2.75) is 59.3 Å². The Balaban J connectivity index is 0.951. The fourth-order valence-corrected chi connectivity index (χ4v) is 17.2. The van der Waals surface area contributed by atoms with Gasteiger partial charge >= 0.3 is 0 Å². The monoisotopic (exact) mass is 1300 g/mol. The van der Waals surface area contributed by atoms with Gasteiger partial charge in [0.25, 0.3) is 6.71 Å². The minimum atomic E-state index is -0.141. The van der Waals surface area contributed by atoms with Crippen LogP contribution in [0.25, 0.3) is 70.6 Å². The molecule has 100 heavy (non-hydrogen) atoms. The van der Waals surface area contributed by atoms with E-state index in [4.69, 9.17) is 0 Å².